The van der Waals surface area contributed by atoms with E-state index in [1.165, 1.54) is 24.8 Å². The fourth-order valence-electron chi connectivity index (χ4n) is 2.33. The van der Waals surface area contributed by atoms with Crippen molar-refractivity contribution in [3.8, 4) is 0 Å². The molecule has 2 rings (SSSR count). The van der Waals surface area contributed by atoms with E-state index < -0.39 is 0 Å². The average Bonchev–Trinajstić information content (AvgIpc) is 2.29. The van der Waals surface area contributed by atoms with Gasteiger partial charge in [-0.05, 0) is 43.6 Å². The number of rotatable bonds is 0. The van der Waals surface area contributed by atoms with E-state index in [2.05, 4.69) is 13.0 Å². The van der Waals surface area contributed by atoms with Crippen LogP contribution in [-0.4, -0.2) is 11.2 Å². The first-order valence-corrected chi connectivity index (χ1v) is 4.14. The molecule has 0 saturated heterocycles. The van der Waals surface area contributed by atoms with Crippen molar-refractivity contribution in [2.24, 2.45) is 11.8 Å². The number of aliphatic hydroxyl groups is 1. The first kappa shape index (κ1) is 6.41. The molecule has 1 saturated carbocycles. The highest BCUT2D eigenvalue weighted by Crippen LogP contribution is 2.40. The van der Waals surface area contributed by atoms with E-state index in [4.69, 9.17) is 0 Å². The Morgan fingerprint density at radius 3 is 3.10 bits per heavy atom. The minimum Gasteiger partial charge on any atom is -0.388 e. The van der Waals surface area contributed by atoms with Gasteiger partial charge in [0.1, 0.15) is 0 Å². The van der Waals surface area contributed by atoms with Gasteiger partial charge in [-0.1, -0.05) is 6.08 Å². The SMILES string of the molecule is CC1=C[C@@H]2CC[C@H](C2)[C@H]1O. The third-order valence-corrected chi connectivity index (χ3v) is 2.93. The first-order valence-electron chi connectivity index (χ1n) is 4.14. The lowest BCUT2D eigenvalue weighted by Crippen LogP contribution is -2.22. The zero-order valence-corrected chi connectivity index (χ0v) is 6.38. The van der Waals surface area contributed by atoms with E-state index in [9.17, 15) is 5.11 Å². The van der Waals surface area contributed by atoms with Crippen LogP contribution in [0.25, 0.3) is 0 Å². The summed E-state index contributed by atoms with van der Waals surface area (Å²) in [4.78, 5) is 0. The number of hydrogen-bond acceptors (Lipinski definition) is 1. The Morgan fingerprint density at radius 1 is 1.50 bits per heavy atom. The maximum Gasteiger partial charge on any atom is 0.0775 e. The van der Waals surface area contributed by atoms with Crippen LogP contribution in [0.5, 0.6) is 0 Å². The van der Waals surface area contributed by atoms with Crippen molar-refractivity contribution in [1.29, 1.82) is 0 Å². The summed E-state index contributed by atoms with van der Waals surface area (Å²) >= 11 is 0. The molecule has 56 valence electrons. The molecule has 0 aromatic rings. The largest absolute Gasteiger partial charge is 0.388 e. The fourth-order valence-corrected chi connectivity index (χ4v) is 2.33. The highest BCUT2D eigenvalue weighted by atomic mass is 16.3. The smallest absolute Gasteiger partial charge is 0.0775 e. The first-order chi connectivity index (χ1) is 4.77. The zero-order chi connectivity index (χ0) is 7.14. The molecule has 0 heterocycles. The predicted molar refractivity (Wildman–Crippen MR) is 40.6 cm³/mol. The molecule has 1 heteroatoms. The molecule has 0 spiro atoms. The molecule has 0 aromatic heterocycles. The minimum atomic E-state index is -0.112. The molecule has 2 aliphatic carbocycles. The van der Waals surface area contributed by atoms with Crippen molar-refractivity contribution in [3.63, 3.8) is 0 Å². The van der Waals surface area contributed by atoms with Crippen molar-refractivity contribution in [3.05, 3.63) is 11.6 Å². The van der Waals surface area contributed by atoms with E-state index in [1.54, 1.807) is 0 Å². The van der Waals surface area contributed by atoms with Crippen LogP contribution in [0.1, 0.15) is 26.2 Å². The lowest BCUT2D eigenvalue weighted by Gasteiger charge is -2.23. The Bertz CT molecular complexity index is 172. The zero-order valence-electron chi connectivity index (χ0n) is 6.38. The molecule has 2 bridgehead atoms. The fraction of sp³-hybridized carbons (Fsp3) is 0.778. The van der Waals surface area contributed by atoms with Crippen LogP contribution in [0.15, 0.2) is 11.6 Å². The van der Waals surface area contributed by atoms with E-state index in [0.29, 0.717) is 5.92 Å². The van der Waals surface area contributed by atoms with Gasteiger partial charge in [0, 0.05) is 0 Å². The van der Waals surface area contributed by atoms with Crippen molar-refractivity contribution in [2.75, 3.05) is 0 Å². The normalized spacial score (nSPS) is 45.4. The highest BCUT2D eigenvalue weighted by molar-refractivity contribution is 5.15. The molecule has 2 aliphatic rings. The topological polar surface area (TPSA) is 20.2 Å². The molecule has 0 unspecified atom stereocenters. The molecule has 0 aromatic carbocycles. The second kappa shape index (κ2) is 2.09. The standard InChI is InChI=1S/C9H14O/c1-6-4-7-2-3-8(5-7)9(6)10/h4,7-10H,2-3,5H2,1H3/t7-,8+,9-/m0/s1. The summed E-state index contributed by atoms with van der Waals surface area (Å²) in [5, 5.41) is 9.60. The summed E-state index contributed by atoms with van der Waals surface area (Å²) in [7, 11) is 0. The monoisotopic (exact) mass is 138 g/mol. The van der Waals surface area contributed by atoms with Crippen molar-refractivity contribution < 1.29 is 5.11 Å². The van der Waals surface area contributed by atoms with Gasteiger partial charge >= 0.3 is 0 Å². The third kappa shape index (κ3) is 0.807. The summed E-state index contributed by atoms with van der Waals surface area (Å²) < 4.78 is 0. The molecule has 3 atom stereocenters. The molecule has 0 aliphatic heterocycles. The summed E-state index contributed by atoms with van der Waals surface area (Å²) in [6.07, 6.45) is 5.92. The Kier molecular flexibility index (Phi) is 1.34. The van der Waals surface area contributed by atoms with E-state index >= 15 is 0 Å². The van der Waals surface area contributed by atoms with Gasteiger partial charge in [0.25, 0.3) is 0 Å². The molecular formula is C9H14O. The van der Waals surface area contributed by atoms with Gasteiger partial charge in [0.15, 0.2) is 0 Å². The van der Waals surface area contributed by atoms with E-state index in [-0.39, 0.29) is 6.10 Å². The van der Waals surface area contributed by atoms with E-state index in [1.807, 2.05) is 0 Å². The quantitative estimate of drug-likeness (QED) is 0.505. The van der Waals surface area contributed by atoms with Gasteiger partial charge in [0.2, 0.25) is 0 Å². The summed E-state index contributed by atoms with van der Waals surface area (Å²) in [6.45, 7) is 2.05. The van der Waals surface area contributed by atoms with Crippen LogP contribution >= 0.6 is 0 Å². The van der Waals surface area contributed by atoms with Gasteiger partial charge in [-0.15, -0.1) is 0 Å². The molecule has 0 radical (unpaired) electrons. The van der Waals surface area contributed by atoms with Crippen molar-refractivity contribution >= 4 is 0 Å². The van der Waals surface area contributed by atoms with Gasteiger partial charge in [-0.3, -0.25) is 0 Å². The Balaban J connectivity index is 2.25. The van der Waals surface area contributed by atoms with Crippen LogP contribution in [0.4, 0.5) is 0 Å². The summed E-state index contributed by atoms with van der Waals surface area (Å²) in [5.41, 5.74) is 1.21. The van der Waals surface area contributed by atoms with E-state index in [0.717, 1.165) is 5.92 Å². The van der Waals surface area contributed by atoms with Gasteiger partial charge in [-0.2, -0.15) is 0 Å². The number of hydrogen-bond donors (Lipinski definition) is 1. The van der Waals surface area contributed by atoms with Crippen LogP contribution < -0.4 is 0 Å². The second-order valence-corrected chi connectivity index (χ2v) is 3.69. The second-order valence-electron chi connectivity index (χ2n) is 3.69. The number of fused-ring (bicyclic) bond motifs is 2. The van der Waals surface area contributed by atoms with Gasteiger partial charge < -0.3 is 5.11 Å². The molecule has 0 amide bonds. The van der Waals surface area contributed by atoms with Crippen LogP contribution in [0.3, 0.4) is 0 Å². The Labute approximate surface area is 61.8 Å². The van der Waals surface area contributed by atoms with Crippen molar-refractivity contribution in [1.82, 2.24) is 0 Å². The lowest BCUT2D eigenvalue weighted by molar-refractivity contribution is 0.137. The average molecular weight is 138 g/mol. The number of aliphatic hydroxyl groups excluding tert-OH is 1. The van der Waals surface area contributed by atoms with Crippen LogP contribution in [-0.2, 0) is 0 Å². The predicted octanol–water partition coefficient (Wildman–Crippen LogP) is 1.72. The molecular weight excluding hydrogens is 124 g/mol. The van der Waals surface area contributed by atoms with Crippen LogP contribution in [0.2, 0.25) is 0 Å². The number of allylic oxidation sites excluding steroid dienone is 1. The summed E-state index contributed by atoms with van der Waals surface area (Å²) in [6, 6.07) is 0. The minimum absolute atomic E-state index is 0.112. The highest BCUT2D eigenvalue weighted by Gasteiger charge is 2.33. The maximum atomic E-state index is 9.60. The molecule has 10 heavy (non-hydrogen) atoms. The third-order valence-electron chi connectivity index (χ3n) is 2.93. The van der Waals surface area contributed by atoms with Crippen molar-refractivity contribution in [2.45, 2.75) is 32.3 Å². The van der Waals surface area contributed by atoms with Gasteiger partial charge in [0.05, 0.1) is 6.10 Å². The summed E-state index contributed by atoms with van der Waals surface area (Å²) in [5.74, 6) is 1.39. The Hall–Kier alpha value is -0.300. The molecule has 1 nitrogen and oxygen atoms in total. The molecule has 1 N–H and O–H groups in total. The van der Waals surface area contributed by atoms with Gasteiger partial charge in [-0.25, -0.2) is 0 Å². The lowest BCUT2D eigenvalue weighted by atomic mass is 9.88. The maximum absolute atomic E-state index is 9.60. The Morgan fingerprint density at radius 2 is 2.30 bits per heavy atom. The van der Waals surface area contributed by atoms with Crippen LogP contribution in [0, 0.1) is 11.8 Å². The molecule has 1 fully saturated rings.